The highest BCUT2D eigenvalue weighted by Crippen LogP contribution is 2.29. The molecule has 1 N–H and O–H groups in total. The first kappa shape index (κ1) is 18.8. The van der Waals surface area contributed by atoms with Crippen LogP contribution in [0.15, 0.2) is 47.6 Å². The Morgan fingerprint density at radius 3 is 2.65 bits per heavy atom. The number of rotatable bonds is 5. The number of amides is 1. The molecule has 0 aliphatic heterocycles. The third kappa shape index (κ3) is 3.89. The Kier molecular flexibility index (Phi) is 5.58. The molecular weight excluding hydrogens is 366 g/mol. The van der Waals surface area contributed by atoms with Crippen LogP contribution in [0, 0.1) is 0 Å². The van der Waals surface area contributed by atoms with E-state index in [1.54, 1.807) is 0 Å². The topological polar surface area (TPSA) is 46.9 Å². The van der Waals surface area contributed by atoms with Crippen molar-refractivity contribution < 1.29 is 4.79 Å². The lowest BCUT2D eigenvalue weighted by Gasteiger charge is -2.16. The molecule has 0 aliphatic carbocycles. The van der Waals surface area contributed by atoms with Crippen LogP contribution in [0.4, 0.5) is 5.69 Å². The van der Waals surface area contributed by atoms with Crippen molar-refractivity contribution in [3.05, 3.63) is 53.1 Å². The molecule has 0 saturated heterocycles. The summed E-state index contributed by atoms with van der Waals surface area (Å²) in [6.45, 7) is 6.13. The van der Waals surface area contributed by atoms with Crippen molar-refractivity contribution in [2.75, 3.05) is 5.32 Å². The number of halogens is 1. The summed E-state index contributed by atoms with van der Waals surface area (Å²) >= 11 is 7.49. The van der Waals surface area contributed by atoms with E-state index in [-0.39, 0.29) is 11.2 Å². The Balaban J connectivity index is 1.77. The fourth-order valence-electron chi connectivity index (χ4n) is 2.82. The molecule has 1 unspecified atom stereocenters. The molecule has 4 nitrogen and oxygen atoms in total. The number of fused-ring (bicyclic) bond motifs is 1. The van der Waals surface area contributed by atoms with E-state index in [0.717, 1.165) is 27.4 Å². The first-order chi connectivity index (χ1) is 12.4. The zero-order chi connectivity index (χ0) is 18.8. The second-order valence-corrected chi connectivity index (χ2v) is 8.32. The fourth-order valence-corrected chi connectivity index (χ4v) is 3.87. The predicted molar refractivity (Wildman–Crippen MR) is 110 cm³/mol. The number of hydrogen-bond donors (Lipinski definition) is 1. The number of nitrogens with zero attached hydrogens (tertiary/aromatic N) is 2. The largest absolute Gasteiger partial charge is 0.325 e. The number of benzene rings is 2. The van der Waals surface area contributed by atoms with Crippen LogP contribution >= 0.6 is 23.4 Å². The van der Waals surface area contributed by atoms with Gasteiger partial charge >= 0.3 is 0 Å². The van der Waals surface area contributed by atoms with Crippen molar-refractivity contribution in [3.63, 3.8) is 0 Å². The molecule has 1 heterocycles. The van der Waals surface area contributed by atoms with Gasteiger partial charge in [-0.3, -0.25) is 4.79 Å². The van der Waals surface area contributed by atoms with Crippen LogP contribution in [0.1, 0.15) is 32.3 Å². The van der Waals surface area contributed by atoms with E-state index < -0.39 is 0 Å². The van der Waals surface area contributed by atoms with Crippen LogP contribution < -0.4 is 5.32 Å². The van der Waals surface area contributed by atoms with Gasteiger partial charge in [0.1, 0.15) is 0 Å². The van der Waals surface area contributed by atoms with E-state index in [2.05, 4.69) is 24.1 Å². The minimum atomic E-state index is -0.277. The number of hydrogen-bond acceptors (Lipinski definition) is 3. The smallest absolute Gasteiger partial charge is 0.237 e. The highest BCUT2D eigenvalue weighted by Gasteiger charge is 2.19. The number of para-hydroxylation sites is 1. The summed E-state index contributed by atoms with van der Waals surface area (Å²) in [6.07, 6.45) is 0. The standard InChI is InChI=1S/C20H22ClN3OS/c1-12(2)15-7-5-6-8-16(15)22-19(25)13(3)26-20-23-17-11-14(21)9-10-18(17)24(20)4/h5-13H,1-4H3,(H,22,25). The van der Waals surface area contributed by atoms with Crippen molar-refractivity contribution in [3.8, 4) is 0 Å². The van der Waals surface area contributed by atoms with Gasteiger partial charge in [-0.15, -0.1) is 0 Å². The van der Waals surface area contributed by atoms with Crippen molar-refractivity contribution >= 4 is 46.0 Å². The first-order valence-electron chi connectivity index (χ1n) is 8.55. The molecule has 3 rings (SSSR count). The normalized spacial score (nSPS) is 12.5. The number of nitrogens with one attached hydrogen (secondary N) is 1. The molecule has 26 heavy (non-hydrogen) atoms. The Morgan fingerprint density at radius 2 is 1.92 bits per heavy atom. The lowest BCUT2D eigenvalue weighted by Crippen LogP contribution is -2.23. The van der Waals surface area contributed by atoms with E-state index in [1.807, 2.05) is 61.0 Å². The number of aromatic nitrogens is 2. The van der Waals surface area contributed by atoms with Crippen LogP contribution in [0.3, 0.4) is 0 Å². The summed E-state index contributed by atoms with van der Waals surface area (Å²) in [5, 5.41) is 4.23. The summed E-state index contributed by atoms with van der Waals surface area (Å²) in [5.74, 6) is 0.312. The van der Waals surface area contributed by atoms with Crippen LogP contribution in [0.2, 0.25) is 5.02 Å². The summed E-state index contributed by atoms with van der Waals surface area (Å²) in [5.41, 5.74) is 3.84. The van der Waals surface area contributed by atoms with Crippen LogP contribution in [-0.4, -0.2) is 20.7 Å². The third-order valence-electron chi connectivity index (χ3n) is 4.29. The van der Waals surface area contributed by atoms with Crippen molar-refractivity contribution in [1.29, 1.82) is 0 Å². The summed E-state index contributed by atoms with van der Waals surface area (Å²) in [7, 11) is 1.95. The maximum atomic E-state index is 12.7. The van der Waals surface area contributed by atoms with E-state index >= 15 is 0 Å². The second kappa shape index (κ2) is 7.72. The average molecular weight is 388 g/mol. The Morgan fingerprint density at radius 1 is 1.19 bits per heavy atom. The molecule has 136 valence electrons. The molecule has 1 amide bonds. The van der Waals surface area contributed by atoms with Crippen LogP contribution in [-0.2, 0) is 11.8 Å². The number of aryl methyl sites for hydroxylation is 1. The number of imidazole rings is 1. The van der Waals surface area contributed by atoms with Gasteiger partial charge in [-0.05, 0) is 42.7 Å². The molecule has 0 aliphatic rings. The maximum absolute atomic E-state index is 12.7. The quantitative estimate of drug-likeness (QED) is 0.590. The monoisotopic (exact) mass is 387 g/mol. The number of thioether (sulfide) groups is 1. The number of anilines is 1. The lowest BCUT2D eigenvalue weighted by molar-refractivity contribution is -0.115. The number of carbonyl (C=O) groups is 1. The van der Waals surface area contributed by atoms with Gasteiger partial charge in [0.15, 0.2) is 5.16 Å². The molecular formula is C20H22ClN3OS. The highest BCUT2D eigenvalue weighted by molar-refractivity contribution is 8.00. The van der Waals surface area contributed by atoms with Gasteiger partial charge in [0.25, 0.3) is 0 Å². The van der Waals surface area contributed by atoms with Gasteiger partial charge in [-0.25, -0.2) is 4.98 Å². The second-order valence-electron chi connectivity index (χ2n) is 6.58. The van der Waals surface area contributed by atoms with Gasteiger partial charge in [0.2, 0.25) is 5.91 Å². The molecule has 1 atom stereocenters. The highest BCUT2D eigenvalue weighted by atomic mass is 35.5. The van der Waals surface area contributed by atoms with Gasteiger partial charge in [0, 0.05) is 17.8 Å². The predicted octanol–water partition coefficient (Wildman–Crippen LogP) is 5.47. The molecule has 1 aromatic heterocycles. The van der Waals surface area contributed by atoms with E-state index in [1.165, 1.54) is 11.8 Å². The maximum Gasteiger partial charge on any atom is 0.237 e. The third-order valence-corrected chi connectivity index (χ3v) is 5.67. The minimum absolute atomic E-state index is 0.0341. The van der Waals surface area contributed by atoms with Gasteiger partial charge < -0.3 is 9.88 Å². The van der Waals surface area contributed by atoms with Gasteiger partial charge in [-0.2, -0.15) is 0 Å². The molecule has 0 spiro atoms. The molecule has 0 saturated carbocycles. The molecule has 6 heteroatoms. The molecule has 0 radical (unpaired) electrons. The number of carbonyl (C=O) groups excluding carboxylic acids is 1. The van der Waals surface area contributed by atoms with E-state index in [9.17, 15) is 4.79 Å². The first-order valence-corrected chi connectivity index (χ1v) is 9.81. The molecule has 0 bridgehead atoms. The fraction of sp³-hybridized carbons (Fsp3) is 0.300. The Bertz CT molecular complexity index is 951. The van der Waals surface area contributed by atoms with Crippen molar-refractivity contribution in [2.45, 2.75) is 37.1 Å². The van der Waals surface area contributed by atoms with Crippen LogP contribution in [0.25, 0.3) is 11.0 Å². The molecule has 2 aromatic carbocycles. The summed E-state index contributed by atoms with van der Waals surface area (Å²) < 4.78 is 1.99. The summed E-state index contributed by atoms with van der Waals surface area (Å²) in [6, 6.07) is 13.6. The minimum Gasteiger partial charge on any atom is -0.325 e. The zero-order valence-corrected chi connectivity index (χ0v) is 16.9. The van der Waals surface area contributed by atoms with E-state index in [4.69, 9.17) is 11.6 Å². The van der Waals surface area contributed by atoms with Crippen molar-refractivity contribution in [1.82, 2.24) is 9.55 Å². The Hall–Kier alpha value is -1.98. The Labute approximate surface area is 163 Å². The SMILES string of the molecule is CC(Sc1nc2cc(Cl)ccc2n1C)C(=O)Nc1ccccc1C(C)C. The van der Waals surface area contributed by atoms with Gasteiger partial charge in [0.05, 0.1) is 16.3 Å². The van der Waals surface area contributed by atoms with Gasteiger partial charge in [-0.1, -0.05) is 55.4 Å². The zero-order valence-electron chi connectivity index (χ0n) is 15.3. The summed E-state index contributed by atoms with van der Waals surface area (Å²) in [4.78, 5) is 17.3. The average Bonchev–Trinajstić information content (AvgIpc) is 2.90. The van der Waals surface area contributed by atoms with E-state index in [0.29, 0.717) is 10.9 Å². The molecule has 3 aromatic rings. The van der Waals surface area contributed by atoms with Crippen LogP contribution in [0.5, 0.6) is 0 Å². The lowest BCUT2D eigenvalue weighted by atomic mass is 10.0. The van der Waals surface area contributed by atoms with Crippen molar-refractivity contribution in [2.24, 2.45) is 7.05 Å². The molecule has 0 fully saturated rings.